The Kier molecular flexibility index (Phi) is 7.15. The number of thioether (sulfide) groups is 1. The van der Waals surface area contributed by atoms with Crippen LogP contribution in [-0.2, 0) is 20.9 Å². The predicted octanol–water partition coefficient (Wildman–Crippen LogP) is 4.49. The second-order valence-corrected chi connectivity index (χ2v) is 12.9. The molecule has 1 aromatic heterocycles. The van der Waals surface area contributed by atoms with Gasteiger partial charge in [-0.3, -0.25) is 23.7 Å². The number of piperidine rings is 1. The predicted molar refractivity (Wildman–Crippen MR) is 154 cm³/mol. The van der Waals surface area contributed by atoms with Crippen molar-refractivity contribution in [3.05, 3.63) is 73.1 Å². The number of carbonyl (C=O) groups excluding carboxylic acids is 3. The highest BCUT2D eigenvalue weighted by atomic mass is 79.9. The molecular weight excluding hydrogens is 602 g/mol. The fourth-order valence-corrected chi connectivity index (χ4v) is 8.69. The van der Waals surface area contributed by atoms with Crippen LogP contribution in [0.25, 0.3) is 0 Å². The van der Waals surface area contributed by atoms with Crippen LogP contribution in [0.4, 0.5) is 5.69 Å². The smallest absolute Gasteiger partial charge is 0.308 e. The lowest BCUT2D eigenvalue weighted by molar-refractivity contribution is -0.133. The molecule has 6 rings (SSSR count). The van der Waals surface area contributed by atoms with Crippen molar-refractivity contribution >= 4 is 62.4 Å². The zero-order valence-electron chi connectivity index (χ0n) is 21.2. The van der Waals surface area contributed by atoms with Crippen LogP contribution >= 0.6 is 39.0 Å². The highest BCUT2D eigenvalue weighted by Gasteiger charge is 2.56. The zero-order valence-corrected chi connectivity index (χ0v) is 24.4. The number of carbonyl (C=O) groups is 3. The average Bonchev–Trinajstić information content (AvgIpc) is 3.40. The highest BCUT2D eigenvalue weighted by Crippen LogP contribution is 2.54. The number of aromatic nitrogens is 1. The number of hydrogen-bond donors (Lipinski definition) is 0. The Morgan fingerprint density at radius 2 is 1.67 bits per heavy atom. The van der Waals surface area contributed by atoms with E-state index < -0.39 is 17.1 Å². The quantitative estimate of drug-likeness (QED) is 0.387. The summed E-state index contributed by atoms with van der Waals surface area (Å²) in [6, 6.07) is 14.5. The molecule has 8 nitrogen and oxygen atoms in total. The van der Waals surface area contributed by atoms with Crippen molar-refractivity contribution in [2.45, 2.75) is 42.0 Å². The molecule has 0 bridgehead atoms. The van der Waals surface area contributed by atoms with Gasteiger partial charge in [0.2, 0.25) is 17.7 Å². The Balaban J connectivity index is 1.42. The lowest BCUT2D eigenvalue weighted by Crippen LogP contribution is -2.39. The fraction of sp³-hybridized carbons (Fsp3) is 0.357. The Bertz CT molecular complexity index is 1490. The summed E-state index contributed by atoms with van der Waals surface area (Å²) < 4.78 is 7.64. The first-order valence-electron chi connectivity index (χ1n) is 12.8. The number of benzene rings is 2. The molecule has 2 saturated heterocycles. The second-order valence-electron chi connectivity index (χ2n) is 9.87. The molecule has 0 radical (unpaired) electrons. The van der Waals surface area contributed by atoms with Gasteiger partial charge < -0.3 is 9.64 Å². The minimum Gasteiger partial charge on any atom is -0.497 e. The van der Waals surface area contributed by atoms with E-state index >= 15 is 0 Å². The number of halogens is 1. The Morgan fingerprint density at radius 3 is 2.33 bits per heavy atom. The third-order valence-corrected chi connectivity index (χ3v) is 10.7. The number of anilines is 1. The third-order valence-electron chi connectivity index (χ3n) is 7.61. The number of methoxy groups -OCH3 is 1. The molecule has 2 fully saturated rings. The maximum absolute atomic E-state index is 14.0. The topological polar surface area (TPSA) is 88.9 Å². The van der Waals surface area contributed by atoms with E-state index in [1.54, 1.807) is 31.4 Å². The second kappa shape index (κ2) is 10.6. The van der Waals surface area contributed by atoms with Crippen LogP contribution in [0.5, 0.6) is 5.75 Å². The van der Waals surface area contributed by atoms with Gasteiger partial charge in [0.05, 0.1) is 23.7 Å². The molecular formula is C28H26BrN3O5S2. The molecule has 0 spiro atoms. The summed E-state index contributed by atoms with van der Waals surface area (Å²) in [5, 5.41) is -0.103. The van der Waals surface area contributed by atoms with Crippen molar-refractivity contribution in [3.63, 3.8) is 0 Å². The minimum atomic E-state index is -0.717. The summed E-state index contributed by atoms with van der Waals surface area (Å²) in [4.78, 5) is 57.8. The summed E-state index contributed by atoms with van der Waals surface area (Å²) in [7, 11) is 1.56. The van der Waals surface area contributed by atoms with E-state index in [2.05, 4.69) is 15.9 Å². The van der Waals surface area contributed by atoms with Crippen LogP contribution in [0.15, 0.2) is 62.8 Å². The molecule has 0 N–H and O–H groups in total. The Morgan fingerprint density at radius 1 is 0.974 bits per heavy atom. The average molecular weight is 629 g/mol. The number of rotatable bonds is 5. The molecule has 3 aromatic rings. The van der Waals surface area contributed by atoms with Gasteiger partial charge in [0, 0.05) is 28.4 Å². The number of amides is 3. The number of ether oxygens (including phenoxy) is 1. The standard InChI is InChI=1S/C28H26BrN3O5S2/c1-37-19-11-9-18(10-12-19)32-25(34)22-21(16-5-7-17(29)8-6-16)24-27(38-23(22)26(32)35)31(28(36)39-24)15-20(33)30-13-3-2-4-14-30/h5-12,21-23H,2-4,13-15H2,1H3/t21-,22?,23?/m1/s1. The van der Waals surface area contributed by atoms with Gasteiger partial charge in [-0.1, -0.05) is 51.2 Å². The summed E-state index contributed by atoms with van der Waals surface area (Å²) in [6.07, 6.45) is 3.03. The summed E-state index contributed by atoms with van der Waals surface area (Å²) >= 11 is 5.79. The molecule has 2 aromatic carbocycles. The molecule has 3 aliphatic heterocycles. The minimum absolute atomic E-state index is 0.0631. The molecule has 0 aliphatic carbocycles. The van der Waals surface area contributed by atoms with Crippen LogP contribution in [0, 0.1) is 5.92 Å². The van der Waals surface area contributed by atoms with E-state index in [-0.39, 0.29) is 29.1 Å². The number of hydrogen-bond acceptors (Lipinski definition) is 7. The third kappa shape index (κ3) is 4.64. The number of imide groups is 1. The SMILES string of the molecule is COc1ccc(N2C(=O)C3Sc4c(sc(=O)n4CC(=O)N4CCCCC4)[C@H](c4ccc(Br)cc4)C3C2=O)cc1. The molecule has 3 amide bonds. The monoisotopic (exact) mass is 627 g/mol. The molecule has 0 saturated carbocycles. The lowest BCUT2D eigenvalue weighted by Gasteiger charge is -2.31. The van der Waals surface area contributed by atoms with E-state index in [4.69, 9.17) is 4.74 Å². The maximum atomic E-state index is 14.0. The molecule has 2 unspecified atom stereocenters. The van der Waals surface area contributed by atoms with Gasteiger partial charge in [-0.2, -0.15) is 0 Å². The lowest BCUT2D eigenvalue weighted by atomic mass is 9.83. The van der Waals surface area contributed by atoms with Gasteiger partial charge in [0.15, 0.2) is 0 Å². The van der Waals surface area contributed by atoms with Gasteiger partial charge >= 0.3 is 4.87 Å². The fourth-order valence-electron chi connectivity index (χ4n) is 5.65. The van der Waals surface area contributed by atoms with Crippen LogP contribution in [0.3, 0.4) is 0 Å². The number of nitrogens with zero attached hydrogens (tertiary/aromatic N) is 3. The number of likely N-dealkylation sites (tertiary alicyclic amines) is 1. The van der Waals surface area contributed by atoms with E-state index in [1.165, 1.54) is 21.2 Å². The molecule has 202 valence electrons. The van der Waals surface area contributed by atoms with E-state index in [0.29, 0.717) is 29.6 Å². The van der Waals surface area contributed by atoms with Crippen molar-refractivity contribution in [3.8, 4) is 5.75 Å². The van der Waals surface area contributed by atoms with Gasteiger partial charge in [-0.05, 0) is 61.2 Å². The van der Waals surface area contributed by atoms with Crippen LogP contribution in [-0.4, -0.2) is 52.6 Å². The molecule has 39 heavy (non-hydrogen) atoms. The Hall–Kier alpha value is -2.89. The largest absolute Gasteiger partial charge is 0.497 e. The van der Waals surface area contributed by atoms with Crippen molar-refractivity contribution in [1.29, 1.82) is 0 Å². The first-order chi connectivity index (χ1) is 18.9. The number of thiazole rings is 1. The van der Waals surface area contributed by atoms with Crippen molar-refractivity contribution in [2.24, 2.45) is 5.92 Å². The van der Waals surface area contributed by atoms with Crippen LogP contribution in [0.1, 0.15) is 35.6 Å². The summed E-state index contributed by atoms with van der Waals surface area (Å²) in [5.41, 5.74) is 1.33. The highest BCUT2D eigenvalue weighted by molar-refractivity contribution is 9.10. The zero-order chi connectivity index (χ0) is 27.3. The summed E-state index contributed by atoms with van der Waals surface area (Å²) in [6.45, 7) is 1.33. The first kappa shape index (κ1) is 26.3. The summed E-state index contributed by atoms with van der Waals surface area (Å²) in [5.74, 6) is -1.24. The van der Waals surface area contributed by atoms with Gasteiger partial charge in [0.25, 0.3) is 0 Å². The molecule has 3 aliphatic rings. The first-order valence-corrected chi connectivity index (χ1v) is 15.3. The maximum Gasteiger partial charge on any atom is 0.308 e. The van der Waals surface area contributed by atoms with E-state index in [9.17, 15) is 19.2 Å². The van der Waals surface area contributed by atoms with Crippen molar-refractivity contribution in [2.75, 3.05) is 25.1 Å². The Labute approximate surface area is 242 Å². The number of fused-ring (bicyclic) bond motifs is 2. The van der Waals surface area contributed by atoms with E-state index in [0.717, 1.165) is 45.5 Å². The molecule has 4 heterocycles. The normalized spacial score (nSPS) is 22.6. The van der Waals surface area contributed by atoms with Crippen LogP contribution < -0.4 is 14.5 Å². The van der Waals surface area contributed by atoms with Crippen molar-refractivity contribution < 1.29 is 19.1 Å². The molecule has 3 atom stereocenters. The van der Waals surface area contributed by atoms with Gasteiger partial charge in [-0.25, -0.2) is 4.90 Å². The van der Waals surface area contributed by atoms with Crippen LogP contribution in [0.2, 0.25) is 0 Å². The van der Waals surface area contributed by atoms with Gasteiger partial charge in [-0.15, -0.1) is 0 Å². The van der Waals surface area contributed by atoms with Gasteiger partial charge in [0.1, 0.15) is 17.5 Å². The van der Waals surface area contributed by atoms with E-state index in [1.807, 2.05) is 29.2 Å². The van der Waals surface area contributed by atoms with Crippen molar-refractivity contribution in [1.82, 2.24) is 9.47 Å². The molecule has 11 heteroatoms.